The number of anilines is 1. The molecule has 1 atom stereocenters. The first-order valence-corrected chi connectivity index (χ1v) is 12.3. The van der Waals surface area contributed by atoms with Crippen LogP contribution in [0.3, 0.4) is 0 Å². The van der Waals surface area contributed by atoms with E-state index in [1.807, 2.05) is 43.5 Å². The Morgan fingerprint density at radius 3 is 2.15 bits per heavy atom. The number of halogens is 4. The van der Waals surface area contributed by atoms with Crippen molar-refractivity contribution in [1.82, 2.24) is 4.90 Å². The molecule has 5 nitrogen and oxygen atoms in total. The lowest BCUT2D eigenvalue weighted by Gasteiger charge is -2.55. The van der Waals surface area contributed by atoms with Crippen LogP contribution in [0.2, 0.25) is 0 Å². The number of carbonyl (C=O) groups is 2. The molecule has 0 aliphatic carbocycles. The van der Waals surface area contributed by atoms with Crippen molar-refractivity contribution in [3.05, 3.63) is 65.7 Å². The van der Waals surface area contributed by atoms with Crippen molar-refractivity contribution in [2.45, 2.75) is 30.9 Å². The molecule has 1 amide bonds. The monoisotopic (exact) mass is 516 g/mol. The van der Waals surface area contributed by atoms with Gasteiger partial charge in [0.05, 0.1) is 31.1 Å². The summed E-state index contributed by atoms with van der Waals surface area (Å²) in [6.45, 7) is 4.44. The molecule has 3 rings (SSSR count). The summed E-state index contributed by atoms with van der Waals surface area (Å²) in [6, 6.07) is 14.8. The van der Waals surface area contributed by atoms with Crippen molar-refractivity contribution >= 4 is 40.9 Å². The second-order valence-electron chi connectivity index (χ2n) is 7.81. The van der Waals surface area contributed by atoms with Gasteiger partial charge in [-0.25, -0.2) is 4.79 Å². The SMILES string of the molecule is COC(=O)C1(N(C(=O)CCl)C(C)SC)CN(c2ccccc2)C1.Cc1ccc(C(F)(F)F)cc1. The maximum atomic E-state index is 12.5. The molecule has 10 heteroatoms. The van der Waals surface area contributed by atoms with Crippen LogP contribution in [0.15, 0.2) is 54.6 Å². The summed E-state index contributed by atoms with van der Waals surface area (Å²) in [4.78, 5) is 28.5. The quantitative estimate of drug-likeness (QED) is 0.300. The molecular formula is C24H28ClF3N2O3S. The van der Waals surface area contributed by atoms with E-state index in [1.165, 1.54) is 31.0 Å². The van der Waals surface area contributed by atoms with E-state index >= 15 is 0 Å². The zero-order valence-corrected chi connectivity index (χ0v) is 21.0. The van der Waals surface area contributed by atoms with Crippen molar-refractivity contribution in [2.75, 3.05) is 37.2 Å². The maximum absolute atomic E-state index is 12.5. The van der Waals surface area contributed by atoms with Gasteiger partial charge in [0.15, 0.2) is 5.54 Å². The molecule has 0 aromatic heterocycles. The number of nitrogens with zero attached hydrogens (tertiary/aromatic N) is 2. The second kappa shape index (κ2) is 11.8. The Balaban J connectivity index is 0.000000310. The number of para-hydroxylation sites is 1. The summed E-state index contributed by atoms with van der Waals surface area (Å²) in [5, 5.41) is -0.168. The lowest BCUT2D eigenvalue weighted by molar-refractivity contribution is -0.164. The summed E-state index contributed by atoms with van der Waals surface area (Å²) >= 11 is 7.27. The van der Waals surface area contributed by atoms with Gasteiger partial charge in [-0.05, 0) is 44.4 Å². The number of methoxy groups -OCH3 is 1. The Kier molecular flexibility index (Phi) is 9.70. The molecule has 0 saturated carbocycles. The number of benzene rings is 2. The average molecular weight is 517 g/mol. The number of thioether (sulfide) groups is 1. The average Bonchev–Trinajstić information content (AvgIpc) is 2.80. The summed E-state index contributed by atoms with van der Waals surface area (Å²) in [7, 11) is 1.35. The van der Waals surface area contributed by atoms with Gasteiger partial charge in [-0.2, -0.15) is 13.2 Å². The molecule has 186 valence electrons. The number of amides is 1. The van der Waals surface area contributed by atoms with E-state index in [0.29, 0.717) is 13.1 Å². The van der Waals surface area contributed by atoms with E-state index in [2.05, 4.69) is 4.90 Å². The van der Waals surface area contributed by atoms with Crippen LogP contribution in [0.1, 0.15) is 18.1 Å². The molecule has 1 aliphatic heterocycles. The number of esters is 1. The summed E-state index contributed by atoms with van der Waals surface area (Å²) < 4.78 is 40.8. The molecule has 1 unspecified atom stereocenters. The highest BCUT2D eigenvalue weighted by molar-refractivity contribution is 7.99. The third-order valence-electron chi connectivity index (χ3n) is 5.52. The van der Waals surface area contributed by atoms with Gasteiger partial charge in [0.25, 0.3) is 0 Å². The minimum absolute atomic E-state index is 0.158. The number of alkyl halides is 4. The zero-order valence-electron chi connectivity index (χ0n) is 19.4. The fourth-order valence-corrected chi connectivity index (χ4v) is 4.34. The fraction of sp³-hybridized carbons (Fsp3) is 0.417. The van der Waals surface area contributed by atoms with Crippen molar-refractivity contribution in [3.63, 3.8) is 0 Å². The topological polar surface area (TPSA) is 49.9 Å². The van der Waals surface area contributed by atoms with E-state index < -0.39 is 23.2 Å². The highest BCUT2D eigenvalue weighted by Crippen LogP contribution is 2.36. The van der Waals surface area contributed by atoms with Gasteiger partial charge in [-0.3, -0.25) is 4.79 Å². The van der Waals surface area contributed by atoms with Gasteiger partial charge in [0.1, 0.15) is 5.88 Å². The van der Waals surface area contributed by atoms with Gasteiger partial charge in [-0.1, -0.05) is 35.9 Å². The number of ether oxygens (including phenoxy) is 1. The van der Waals surface area contributed by atoms with Crippen molar-refractivity contribution in [1.29, 1.82) is 0 Å². The van der Waals surface area contributed by atoms with Crippen LogP contribution in [0, 0.1) is 6.92 Å². The molecule has 1 fully saturated rings. The number of rotatable bonds is 6. The molecule has 0 radical (unpaired) electrons. The smallest absolute Gasteiger partial charge is 0.416 e. The van der Waals surface area contributed by atoms with Gasteiger partial charge in [0.2, 0.25) is 5.91 Å². The van der Waals surface area contributed by atoms with Crippen LogP contribution in [0.25, 0.3) is 0 Å². The normalized spacial score (nSPS) is 15.4. The highest BCUT2D eigenvalue weighted by Gasteiger charge is 2.57. The molecule has 1 heterocycles. The first-order chi connectivity index (χ1) is 16.0. The van der Waals surface area contributed by atoms with Crippen molar-refractivity contribution in [3.8, 4) is 0 Å². The molecule has 0 bridgehead atoms. The van der Waals surface area contributed by atoms with Crippen LogP contribution >= 0.6 is 23.4 Å². The third kappa shape index (κ3) is 6.39. The fourth-order valence-electron chi connectivity index (χ4n) is 3.68. The van der Waals surface area contributed by atoms with E-state index in [1.54, 1.807) is 11.8 Å². The van der Waals surface area contributed by atoms with E-state index in [-0.39, 0.29) is 17.2 Å². The maximum Gasteiger partial charge on any atom is 0.416 e. The zero-order chi connectivity index (χ0) is 25.5. The molecule has 1 aliphatic rings. The van der Waals surface area contributed by atoms with Crippen LogP contribution in [-0.4, -0.2) is 60.0 Å². The standard InChI is InChI=1S/C16H21ClN2O3S.C8H7F3/c1-12(23-3)19(14(20)9-17)16(15(21)22-2)10-18(11-16)13-7-5-4-6-8-13;1-6-2-4-7(5-3-6)8(9,10)11/h4-8,12H,9-11H2,1-3H3;2-5H,1H3. The minimum atomic E-state index is -4.21. The molecule has 34 heavy (non-hydrogen) atoms. The number of hydrogen-bond acceptors (Lipinski definition) is 5. The minimum Gasteiger partial charge on any atom is -0.467 e. The first kappa shape index (κ1) is 27.9. The van der Waals surface area contributed by atoms with E-state index in [9.17, 15) is 22.8 Å². The van der Waals surface area contributed by atoms with Gasteiger partial charge in [0, 0.05) is 5.69 Å². The Morgan fingerprint density at radius 2 is 1.71 bits per heavy atom. The van der Waals surface area contributed by atoms with Crippen LogP contribution in [0.5, 0.6) is 0 Å². The number of hydrogen-bond donors (Lipinski definition) is 0. The lowest BCUT2D eigenvalue weighted by Crippen LogP contribution is -2.76. The van der Waals surface area contributed by atoms with E-state index in [0.717, 1.165) is 23.4 Å². The Bertz CT molecular complexity index is 952. The molecular weight excluding hydrogens is 489 g/mol. The Morgan fingerprint density at radius 1 is 1.15 bits per heavy atom. The van der Waals surface area contributed by atoms with Crippen molar-refractivity contribution in [2.24, 2.45) is 0 Å². The van der Waals surface area contributed by atoms with Crippen molar-refractivity contribution < 1.29 is 27.5 Å². The lowest BCUT2D eigenvalue weighted by atomic mass is 9.86. The molecule has 1 saturated heterocycles. The summed E-state index contributed by atoms with van der Waals surface area (Å²) in [5.74, 6) is -0.815. The highest BCUT2D eigenvalue weighted by atomic mass is 35.5. The second-order valence-corrected chi connectivity index (χ2v) is 9.23. The Hall–Kier alpha value is -2.39. The summed E-state index contributed by atoms with van der Waals surface area (Å²) in [6.07, 6.45) is -2.31. The van der Waals surface area contributed by atoms with Gasteiger partial charge >= 0.3 is 12.1 Å². The molecule has 2 aromatic carbocycles. The van der Waals surface area contributed by atoms with Gasteiger partial charge < -0.3 is 14.5 Å². The number of carbonyl (C=O) groups excluding carboxylic acids is 2. The molecule has 2 aromatic rings. The largest absolute Gasteiger partial charge is 0.467 e. The third-order valence-corrected chi connectivity index (χ3v) is 6.64. The molecule has 0 N–H and O–H groups in total. The van der Waals surface area contributed by atoms with Gasteiger partial charge in [-0.15, -0.1) is 23.4 Å². The predicted octanol–water partition coefficient (Wildman–Crippen LogP) is 5.21. The van der Waals surface area contributed by atoms with Crippen LogP contribution < -0.4 is 4.90 Å². The number of aryl methyl sites for hydroxylation is 1. The van der Waals surface area contributed by atoms with Crippen LogP contribution in [-0.2, 0) is 20.5 Å². The first-order valence-electron chi connectivity index (χ1n) is 10.4. The Labute approximate surface area is 207 Å². The molecule has 0 spiro atoms. The van der Waals surface area contributed by atoms with E-state index in [4.69, 9.17) is 16.3 Å². The predicted molar refractivity (Wildman–Crippen MR) is 130 cm³/mol. The van der Waals surface area contributed by atoms with Crippen LogP contribution in [0.4, 0.5) is 18.9 Å². The summed E-state index contributed by atoms with van der Waals surface area (Å²) in [5.41, 5.74) is 0.266.